The summed E-state index contributed by atoms with van der Waals surface area (Å²) in [7, 11) is -3.14. The lowest BCUT2D eigenvalue weighted by Crippen LogP contribution is -2.41. The van der Waals surface area contributed by atoms with Crippen LogP contribution in [0, 0.1) is 0 Å². The smallest absolute Gasteiger partial charge is 0.219 e. The maximum atomic E-state index is 11.8. The molecule has 0 unspecified atom stereocenters. The van der Waals surface area contributed by atoms with Crippen LogP contribution in [-0.2, 0) is 21.4 Å². The fraction of sp³-hybridized carbons (Fsp3) is 0.692. The van der Waals surface area contributed by atoms with Crippen molar-refractivity contribution in [3.05, 3.63) is 18.0 Å². The number of nitrogens with one attached hydrogen (secondary N) is 1. The number of fused-ring (bicyclic) bond motifs is 1. The Labute approximate surface area is 124 Å². The fourth-order valence-electron chi connectivity index (χ4n) is 2.70. The Morgan fingerprint density at radius 3 is 2.90 bits per heavy atom. The topological polar surface area (TPSA) is 84.3 Å². The first-order valence-electron chi connectivity index (χ1n) is 7.24. The SMILES string of the molecule is CC(=O)N1Cc2ccnn2[C@@H](CCNS(=O)(=O)C2CC2)C1. The summed E-state index contributed by atoms with van der Waals surface area (Å²) in [5, 5.41) is 4.10. The molecule has 0 radical (unpaired) electrons. The van der Waals surface area contributed by atoms with E-state index in [1.165, 1.54) is 0 Å². The van der Waals surface area contributed by atoms with Gasteiger partial charge in [0.2, 0.25) is 15.9 Å². The Bertz CT molecular complexity index is 636. The van der Waals surface area contributed by atoms with Crippen LogP contribution in [-0.4, -0.2) is 47.3 Å². The van der Waals surface area contributed by atoms with Gasteiger partial charge in [0, 0.05) is 26.2 Å². The predicted octanol–water partition coefficient (Wildman–Crippen LogP) is 0.258. The van der Waals surface area contributed by atoms with Crippen molar-refractivity contribution in [1.29, 1.82) is 0 Å². The van der Waals surface area contributed by atoms with E-state index >= 15 is 0 Å². The minimum Gasteiger partial charge on any atom is -0.335 e. The monoisotopic (exact) mass is 312 g/mol. The van der Waals surface area contributed by atoms with Gasteiger partial charge in [0.25, 0.3) is 0 Å². The standard InChI is InChI=1S/C13H20N4O3S/c1-10(18)16-8-11-4-6-14-17(11)12(9-16)5-7-15-21(19,20)13-2-3-13/h4,6,12-13,15H,2-3,5,7-9H2,1H3/t12-/m0/s1. The molecule has 0 saturated heterocycles. The molecular formula is C13H20N4O3S. The molecule has 0 bridgehead atoms. The molecule has 0 spiro atoms. The molecule has 8 heteroatoms. The Morgan fingerprint density at radius 2 is 2.24 bits per heavy atom. The lowest BCUT2D eigenvalue weighted by Gasteiger charge is -2.33. The van der Waals surface area contributed by atoms with Gasteiger partial charge in [0.1, 0.15) is 0 Å². The van der Waals surface area contributed by atoms with Crippen molar-refractivity contribution < 1.29 is 13.2 Å². The van der Waals surface area contributed by atoms with Crippen LogP contribution in [0.1, 0.15) is 37.9 Å². The fourth-order valence-corrected chi connectivity index (χ4v) is 4.10. The number of amides is 1. The summed E-state index contributed by atoms with van der Waals surface area (Å²) < 4.78 is 28.2. The van der Waals surface area contributed by atoms with Crippen LogP contribution < -0.4 is 4.72 Å². The average Bonchev–Trinajstić information content (AvgIpc) is 3.18. The highest BCUT2D eigenvalue weighted by atomic mass is 32.2. The molecule has 3 rings (SSSR count). The second-order valence-corrected chi connectivity index (χ2v) is 7.79. The molecule has 1 aliphatic carbocycles. The van der Waals surface area contributed by atoms with Crippen LogP contribution in [0.15, 0.2) is 12.3 Å². The molecular weight excluding hydrogens is 292 g/mol. The summed E-state index contributed by atoms with van der Waals surface area (Å²) in [4.78, 5) is 13.4. The molecule has 2 heterocycles. The van der Waals surface area contributed by atoms with Crippen molar-refractivity contribution in [3.8, 4) is 0 Å². The number of rotatable bonds is 5. The van der Waals surface area contributed by atoms with Gasteiger partial charge in [-0.1, -0.05) is 0 Å². The lowest BCUT2D eigenvalue weighted by atomic mass is 10.1. The van der Waals surface area contributed by atoms with Crippen LogP contribution >= 0.6 is 0 Å². The number of carbonyl (C=O) groups excluding carboxylic acids is 1. The third-order valence-corrected chi connectivity index (χ3v) is 6.03. The molecule has 1 N–H and O–H groups in total. The van der Waals surface area contributed by atoms with E-state index in [1.54, 1.807) is 18.0 Å². The van der Waals surface area contributed by atoms with Gasteiger partial charge in [-0.15, -0.1) is 0 Å². The van der Waals surface area contributed by atoms with E-state index in [-0.39, 0.29) is 17.2 Å². The van der Waals surface area contributed by atoms with Crippen molar-refractivity contribution in [2.45, 2.75) is 44.0 Å². The molecule has 7 nitrogen and oxygen atoms in total. The molecule has 21 heavy (non-hydrogen) atoms. The summed E-state index contributed by atoms with van der Waals surface area (Å²) in [6.45, 7) is 3.09. The molecule has 116 valence electrons. The molecule has 1 atom stereocenters. The first-order chi connectivity index (χ1) is 9.97. The third kappa shape index (κ3) is 3.11. The Morgan fingerprint density at radius 1 is 1.48 bits per heavy atom. The van der Waals surface area contributed by atoms with Gasteiger partial charge >= 0.3 is 0 Å². The second kappa shape index (κ2) is 5.42. The van der Waals surface area contributed by atoms with E-state index in [0.717, 1.165) is 18.5 Å². The van der Waals surface area contributed by atoms with Crippen molar-refractivity contribution >= 4 is 15.9 Å². The van der Waals surface area contributed by atoms with Crippen molar-refractivity contribution in [1.82, 2.24) is 19.4 Å². The lowest BCUT2D eigenvalue weighted by molar-refractivity contribution is -0.130. The minimum absolute atomic E-state index is 0.0227. The van der Waals surface area contributed by atoms with Crippen LogP contribution in [0.3, 0.4) is 0 Å². The van der Waals surface area contributed by atoms with Gasteiger partial charge in [0.05, 0.1) is 23.5 Å². The Balaban J connectivity index is 1.63. The zero-order valence-electron chi connectivity index (χ0n) is 12.0. The zero-order valence-corrected chi connectivity index (χ0v) is 12.8. The number of aromatic nitrogens is 2. The first-order valence-corrected chi connectivity index (χ1v) is 8.78. The normalized spacial score (nSPS) is 22.1. The largest absolute Gasteiger partial charge is 0.335 e. The number of nitrogens with zero attached hydrogens (tertiary/aromatic N) is 3. The number of sulfonamides is 1. The Kier molecular flexibility index (Phi) is 3.75. The van der Waals surface area contributed by atoms with E-state index in [0.29, 0.717) is 26.1 Å². The van der Waals surface area contributed by atoms with Crippen molar-refractivity contribution in [2.75, 3.05) is 13.1 Å². The maximum Gasteiger partial charge on any atom is 0.219 e. The maximum absolute atomic E-state index is 11.8. The zero-order chi connectivity index (χ0) is 15.0. The van der Waals surface area contributed by atoms with Crippen LogP contribution in [0.4, 0.5) is 0 Å². The van der Waals surface area contributed by atoms with E-state index < -0.39 is 10.0 Å². The van der Waals surface area contributed by atoms with Gasteiger partial charge < -0.3 is 4.90 Å². The first kappa shape index (κ1) is 14.5. The summed E-state index contributed by atoms with van der Waals surface area (Å²) in [5.74, 6) is 0.0333. The summed E-state index contributed by atoms with van der Waals surface area (Å²) >= 11 is 0. The molecule has 1 saturated carbocycles. The molecule has 1 aromatic heterocycles. The highest BCUT2D eigenvalue weighted by Gasteiger charge is 2.35. The highest BCUT2D eigenvalue weighted by molar-refractivity contribution is 7.90. The molecule has 1 amide bonds. The average molecular weight is 312 g/mol. The highest BCUT2D eigenvalue weighted by Crippen LogP contribution is 2.28. The van der Waals surface area contributed by atoms with Gasteiger partial charge in [-0.05, 0) is 25.3 Å². The molecule has 2 aliphatic rings. The summed E-state index contributed by atoms with van der Waals surface area (Å²) in [6.07, 6.45) is 3.88. The number of carbonyl (C=O) groups is 1. The van der Waals surface area contributed by atoms with Gasteiger partial charge in [-0.3, -0.25) is 9.48 Å². The van der Waals surface area contributed by atoms with Crippen LogP contribution in [0.25, 0.3) is 0 Å². The third-order valence-electron chi connectivity index (χ3n) is 4.07. The van der Waals surface area contributed by atoms with E-state index in [2.05, 4.69) is 9.82 Å². The predicted molar refractivity (Wildman–Crippen MR) is 76.9 cm³/mol. The van der Waals surface area contributed by atoms with Gasteiger partial charge in [-0.2, -0.15) is 5.10 Å². The van der Waals surface area contributed by atoms with Crippen molar-refractivity contribution in [2.24, 2.45) is 0 Å². The van der Waals surface area contributed by atoms with Crippen LogP contribution in [0.2, 0.25) is 0 Å². The van der Waals surface area contributed by atoms with E-state index in [1.807, 2.05) is 10.7 Å². The minimum atomic E-state index is -3.14. The van der Waals surface area contributed by atoms with Crippen LogP contribution in [0.5, 0.6) is 0 Å². The number of hydrogen-bond acceptors (Lipinski definition) is 4. The quantitative estimate of drug-likeness (QED) is 0.845. The molecule has 1 aliphatic heterocycles. The number of hydrogen-bond donors (Lipinski definition) is 1. The van der Waals surface area contributed by atoms with E-state index in [4.69, 9.17) is 0 Å². The van der Waals surface area contributed by atoms with E-state index in [9.17, 15) is 13.2 Å². The summed E-state index contributed by atoms with van der Waals surface area (Å²) in [6, 6.07) is 1.92. The molecule has 1 fully saturated rings. The van der Waals surface area contributed by atoms with Gasteiger partial charge in [0.15, 0.2) is 0 Å². The molecule has 1 aromatic rings. The summed E-state index contributed by atoms with van der Waals surface area (Å²) in [5.41, 5.74) is 0.992. The Hall–Kier alpha value is -1.41. The second-order valence-electron chi connectivity index (χ2n) is 5.75. The van der Waals surface area contributed by atoms with Crippen molar-refractivity contribution in [3.63, 3.8) is 0 Å². The van der Waals surface area contributed by atoms with Gasteiger partial charge in [-0.25, -0.2) is 13.1 Å². The molecule has 0 aromatic carbocycles.